The molecule has 0 radical (unpaired) electrons. The van der Waals surface area contributed by atoms with Gasteiger partial charge >= 0.3 is 0 Å². The van der Waals surface area contributed by atoms with Crippen molar-refractivity contribution in [2.75, 3.05) is 27.3 Å². The van der Waals surface area contributed by atoms with E-state index in [1.54, 1.807) is 50.2 Å². The van der Waals surface area contributed by atoms with Crippen molar-refractivity contribution in [3.8, 4) is 11.5 Å². The normalized spacial score (nSPS) is 11.4. The zero-order valence-electron chi connectivity index (χ0n) is 16.0. The van der Waals surface area contributed by atoms with Gasteiger partial charge in [0, 0.05) is 13.6 Å². The Hall–Kier alpha value is -3.02. The summed E-state index contributed by atoms with van der Waals surface area (Å²) < 4.78 is 10.7. The van der Waals surface area contributed by atoms with Crippen LogP contribution in [0.1, 0.15) is 12.5 Å². The molecule has 0 saturated carbocycles. The average Bonchev–Trinajstić information content (AvgIpc) is 2.72. The Bertz CT molecular complexity index is 732. The first-order valence-corrected chi connectivity index (χ1v) is 8.87. The van der Waals surface area contributed by atoms with E-state index in [1.807, 2.05) is 30.3 Å². The summed E-state index contributed by atoms with van der Waals surface area (Å²) >= 11 is 0. The first-order chi connectivity index (χ1) is 13.0. The van der Waals surface area contributed by atoms with E-state index in [4.69, 9.17) is 9.47 Å². The molecule has 0 aliphatic carbocycles. The zero-order chi connectivity index (χ0) is 19.6. The zero-order valence-corrected chi connectivity index (χ0v) is 16.0. The lowest BCUT2D eigenvalue weighted by atomic mass is 10.1. The lowest BCUT2D eigenvalue weighted by Crippen LogP contribution is -2.49. The number of nitrogens with one attached hydrogen (secondary N) is 1. The van der Waals surface area contributed by atoms with Crippen LogP contribution in [0.2, 0.25) is 0 Å². The summed E-state index contributed by atoms with van der Waals surface area (Å²) in [5.74, 6) is 0.838. The van der Waals surface area contributed by atoms with Gasteiger partial charge in [0.05, 0.1) is 7.11 Å². The van der Waals surface area contributed by atoms with Crippen molar-refractivity contribution >= 4 is 11.8 Å². The van der Waals surface area contributed by atoms with Gasteiger partial charge in [0.1, 0.15) is 17.5 Å². The molecule has 2 aromatic carbocycles. The summed E-state index contributed by atoms with van der Waals surface area (Å²) in [6, 6.07) is 16.3. The lowest BCUT2D eigenvalue weighted by Gasteiger charge is -2.28. The molecule has 144 valence electrons. The fourth-order valence-corrected chi connectivity index (χ4v) is 2.68. The predicted molar refractivity (Wildman–Crippen MR) is 104 cm³/mol. The quantitative estimate of drug-likeness (QED) is 0.735. The van der Waals surface area contributed by atoms with Gasteiger partial charge in [-0.15, -0.1) is 0 Å². The minimum Gasteiger partial charge on any atom is -0.497 e. The van der Waals surface area contributed by atoms with Crippen molar-refractivity contribution < 1.29 is 19.1 Å². The largest absolute Gasteiger partial charge is 0.497 e. The Morgan fingerprint density at radius 3 is 2.26 bits per heavy atom. The molecule has 1 atom stereocenters. The molecule has 0 heterocycles. The number of rotatable bonds is 9. The van der Waals surface area contributed by atoms with Gasteiger partial charge in [-0.1, -0.05) is 30.3 Å². The van der Waals surface area contributed by atoms with Crippen LogP contribution in [-0.4, -0.2) is 50.1 Å². The number of nitrogens with zero attached hydrogens (tertiary/aromatic N) is 1. The third kappa shape index (κ3) is 6.02. The Morgan fingerprint density at radius 2 is 1.67 bits per heavy atom. The van der Waals surface area contributed by atoms with Gasteiger partial charge in [0.15, 0.2) is 6.61 Å². The molecule has 6 nitrogen and oxygen atoms in total. The van der Waals surface area contributed by atoms with Gasteiger partial charge in [0.2, 0.25) is 5.91 Å². The number of amides is 2. The summed E-state index contributed by atoms with van der Waals surface area (Å²) in [4.78, 5) is 26.3. The third-order valence-electron chi connectivity index (χ3n) is 4.32. The number of likely N-dealkylation sites (N-methyl/N-ethyl adjacent to an activating group) is 1. The smallest absolute Gasteiger partial charge is 0.261 e. The summed E-state index contributed by atoms with van der Waals surface area (Å²) in [6.45, 7) is 2.01. The van der Waals surface area contributed by atoms with Crippen LogP contribution in [-0.2, 0) is 16.0 Å². The van der Waals surface area contributed by atoms with Gasteiger partial charge in [-0.2, -0.15) is 0 Å². The van der Waals surface area contributed by atoms with Crippen LogP contribution in [0.3, 0.4) is 0 Å². The average molecular weight is 370 g/mol. The number of carbonyl (C=O) groups is 2. The molecule has 2 rings (SSSR count). The highest BCUT2D eigenvalue weighted by Crippen LogP contribution is 2.17. The van der Waals surface area contributed by atoms with E-state index in [-0.39, 0.29) is 18.4 Å². The SMILES string of the molecule is CNC(=O)[C@H](C)N(CCc1ccccc1)C(=O)COc1ccc(OC)cc1. The molecule has 0 aliphatic heterocycles. The van der Waals surface area contributed by atoms with Crippen molar-refractivity contribution in [3.63, 3.8) is 0 Å². The summed E-state index contributed by atoms with van der Waals surface area (Å²) in [6.07, 6.45) is 0.663. The fraction of sp³-hybridized carbons (Fsp3) is 0.333. The molecule has 2 aromatic rings. The maximum atomic E-state index is 12.7. The lowest BCUT2D eigenvalue weighted by molar-refractivity contribution is -0.141. The second kappa shape index (κ2) is 10.2. The molecule has 0 bridgehead atoms. The molecular formula is C21H26N2O4. The molecule has 0 unspecified atom stereocenters. The van der Waals surface area contributed by atoms with E-state index in [0.29, 0.717) is 24.5 Å². The first-order valence-electron chi connectivity index (χ1n) is 8.87. The number of benzene rings is 2. The van der Waals surface area contributed by atoms with Gasteiger partial charge in [-0.3, -0.25) is 9.59 Å². The Labute approximate surface area is 160 Å². The molecule has 0 fully saturated rings. The maximum absolute atomic E-state index is 12.7. The number of carbonyl (C=O) groups excluding carboxylic acids is 2. The second-order valence-electron chi connectivity index (χ2n) is 6.08. The molecule has 1 N–H and O–H groups in total. The molecule has 2 amide bonds. The highest BCUT2D eigenvalue weighted by molar-refractivity contribution is 5.87. The minimum absolute atomic E-state index is 0.136. The van der Waals surface area contributed by atoms with Crippen molar-refractivity contribution in [2.24, 2.45) is 0 Å². The number of methoxy groups -OCH3 is 1. The van der Waals surface area contributed by atoms with E-state index in [0.717, 1.165) is 5.56 Å². The molecule has 0 aliphatic rings. The van der Waals surface area contributed by atoms with Crippen molar-refractivity contribution in [2.45, 2.75) is 19.4 Å². The highest BCUT2D eigenvalue weighted by atomic mass is 16.5. The summed E-state index contributed by atoms with van der Waals surface area (Å²) in [5.41, 5.74) is 1.11. The summed E-state index contributed by atoms with van der Waals surface area (Å²) in [7, 11) is 3.15. The van der Waals surface area contributed by atoms with E-state index >= 15 is 0 Å². The van der Waals surface area contributed by atoms with Crippen molar-refractivity contribution in [3.05, 3.63) is 60.2 Å². The van der Waals surface area contributed by atoms with E-state index in [9.17, 15) is 9.59 Å². The fourth-order valence-electron chi connectivity index (χ4n) is 2.68. The molecule has 27 heavy (non-hydrogen) atoms. The van der Waals surface area contributed by atoms with Crippen LogP contribution in [0, 0.1) is 0 Å². The van der Waals surface area contributed by atoms with Gasteiger partial charge in [-0.25, -0.2) is 0 Å². The molecule has 0 aromatic heterocycles. The molecule has 0 spiro atoms. The maximum Gasteiger partial charge on any atom is 0.261 e. The van der Waals surface area contributed by atoms with Gasteiger partial charge in [0.25, 0.3) is 5.91 Å². The van der Waals surface area contributed by atoms with E-state index in [1.165, 1.54) is 0 Å². The minimum atomic E-state index is -0.578. The monoisotopic (exact) mass is 370 g/mol. The summed E-state index contributed by atoms with van der Waals surface area (Å²) in [5, 5.41) is 2.60. The molecule has 0 saturated heterocycles. The van der Waals surface area contributed by atoms with Crippen LogP contribution >= 0.6 is 0 Å². The number of hydrogen-bond donors (Lipinski definition) is 1. The van der Waals surface area contributed by atoms with E-state index < -0.39 is 6.04 Å². The molecular weight excluding hydrogens is 344 g/mol. The Kier molecular flexibility index (Phi) is 7.67. The van der Waals surface area contributed by atoms with Gasteiger partial charge in [-0.05, 0) is 43.2 Å². The van der Waals surface area contributed by atoms with Crippen LogP contribution in [0.5, 0.6) is 11.5 Å². The first kappa shape index (κ1) is 20.3. The van der Waals surface area contributed by atoms with Crippen LogP contribution in [0.25, 0.3) is 0 Å². The highest BCUT2D eigenvalue weighted by Gasteiger charge is 2.25. The topological polar surface area (TPSA) is 67.9 Å². The Balaban J connectivity index is 2.01. The predicted octanol–water partition coefficient (Wildman–Crippen LogP) is 2.28. The number of ether oxygens (including phenoxy) is 2. The van der Waals surface area contributed by atoms with Crippen molar-refractivity contribution in [1.82, 2.24) is 10.2 Å². The molecule has 6 heteroatoms. The van der Waals surface area contributed by atoms with Gasteiger partial charge < -0.3 is 19.7 Å². The number of hydrogen-bond acceptors (Lipinski definition) is 4. The standard InChI is InChI=1S/C21H26N2O4/c1-16(21(25)22-2)23(14-13-17-7-5-4-6-8-17)20(24)15-27-19-11-9-18(26-3)10-12-19/h4-12,16H,13-15H2,1-3H3,(H,22,25)/t16-/m0/s1. The van der Waals surface area contributed by atoms with Crippen LogP contribution in [0.15, 0.2) is 54.6 Å². The third-order valence-corrected chi connectivity index (χ3v) is 4.32. The van der Waals surface area contributed by atoms with Crippen LogP contribution in [0.4, 0.5) is 0 Å². The van der Waals surface area contributed by atoms with Crippen LogP contribution < -0.4 is 14.8 Å². The van der Waals surface area contributed by atoms with E-state index in [2.05, 4.69) is 5.32 Å². The van der Waals surface area contributed by atoms with Crippen molar-refractivity contribution in [1.29, 1.82) is 0 Å². The Morgan fingerprint density at radius 1 is 1.04 bits per heavy atom. The second-order valence-corrected chi connectivity index (χ2v) is 6.08.